The van der Waals surface area contributed by atoms with E-state index in [9.17, 15) is 9.59 Å². The summed E-state index contributed by atoms with van der Waals surface area (Å²) in [6.45, 7) is 6.74. The maximum atomic E-state index is 10.3. The Morgan fingerprint density at radius 3 is 1.69 bits per heavy atom. The smallest absolute Gasteiger partial charge is 0.307 e. The van der Waals surface area contributed by atoms with E-state index in [1.807, 2.05) is 0 Å². The summed E-state index contributed by atoms with van der Waals surface area (Å²) in [5, 5.41) is 8.51. The van der Waals surface area contributed by atoms with Gasteiger partial charge in [-0.15, -0.1) is 0 Å². The molecule has 0 aliphatic heterocycles. The summed E-state index contributed by atoms with van der Waals surface area (Å²) in [5.41, 5.74) is 0. The topological polar surface area (TPSA) is 63.6 Å². The van der Waals surface area contributed by atoms with E-state index < -0.39 is 5.97 Å². The lowest BCUT2D eigenvalue weighted by Gasteiger charge is -1.99. The van der Waals surface area contributed by atoms with Crippen LogP contribution >= 0.6 is 0 Å². The number of allylic oxidation sites excluding steroid dienone is 2. The lowest BCUT2D eigenvalue weighted by atomic mass is 10.1. The highest BCUT2D eigenvalue weighted by molar-refractivity contribution is 5.66. The van der Waals surface area contributed by atoms with Crippen LogP contribution in [0.5, 0.6) is 0 Å². The Morgan fingerprint density at radius 1 is 0.846 bits per heavy atom. The molecule has 0 saturated carbocycles. The van der Waals surface area contributed by atoms with Crippen LogP contribution in [0.4, 0.5) is 0 Å². The molecule has 0 radical (unpaired) electrons. The van der Waals surface area contributed by atoms with Crippen molar-refractivity contribution in [3.63, 3.8) is 0 Å². The van der Waals surface area contributed by atoms with Crippen molar-refractivity contribution in [2.24, 2.45) is 0 Å². The van der Waals surface area contributed by atoms with Gasteiger partial charge < -0.3 is 9.84 Å². The summed E-state index contributed by atoms with van der Waals surface area (Å²) in [6, 6.07) is 0. The van der Waals surface area contributed by atoms with Crippen molar-refractivity contribution in [1.82, 2.24) is 0 Å². The molecule has 0 bridgehead atoms. The van der Waals surface area contributed by atoms with Crippen LogP contribution in [0.3, 0.4) is 0 Å². The van der Waals surface area contributed by atoms with Gasteiger partial charge in [-0.2, -0.15) is 0 Å². The number of rotatable bonds is 16. The van der Waals surface area contributed by atoms with Gasteiger partial charge in [0.15, 0.2) is 0 Å². The standard InChI is InChI=1S/C18H34O2.C4H6O2/c1-2-3-4-5-6-7-8-9-10-11-12-13-14-15-16-17-18(19)20;1-3-6-4(2)5/h9-10H,2-8,11-17H2,1H3,(H,19,20);3H,1H2,2H3. The number of carboxylic acids is 1. The normalized spacial score (nSPS) is 10.2. The van der Waals surface area contributed by atoms with E-state index in [1.165, 1.54) is 77.6 Å². The number of unbranched alkanes of at least 4 members (excludes halogenated alkanes) is 11. The van der Waals surface area contributed by atoms with E-state index in [2.05, 4.69) is 30.4 Å². The van der Waals surface area contributed by atoms with Gasteiger partial charge in [-0.05, 0) is 32.1 Å². The molecule has 0 fully saturated rings. The van der Waals surface area contributed by atoms with Crippen LogP contribution in [0.25, 0.3) is 0 Å². The van der Waals surface area contributed by atoms with Crippen molar-refractivity contribution in [1.29, 1.82) is 0 Å². The Balaban J connectivity index is 0. The fourth-order valence-corrected chi connectivity index (χ4v) is 2.46. The zero-order valence-corrected chi connectivity index (χ0v) is 17.0. The van der Waals surface area contributed by atoms with Gasteiger partial charge in [-0.25, -0.2) is 0 Å². The average Bonchev–Trinajstić information content (AvgIpc) is 2.58. The van der Waals surface area contributed by atoms with Gasteiger partial charge in [0, 0.05) is 13.3 Å². The molecule has 26 heavy (non-hydrogen) atoms. The van der Waals surface area contributed by atoms with Crippen molar-refractivity contribution in [3.8, 4) is 0 Å². The summed E-state index contributed by atoms with van der Waals surface area (Å²) in [4.78, 5) is 20.1. The number of carbonyl (C=O) groups excluding carboxylic acids is 1. The van der Waals surface area contributed by atoms with Gasteiger partial charge in [0.1, 0.15) is 0 Å². The number of ether oxygens (including phenoxy) is 1. The maximum absolute atomic E-state index is 10.3. The summed E-state index contributed by atoms with van der Waals surface area (Å²) < 4.78 is 4.17. The Bertz CT molecular complexity index is 361. The lowest BCUT2D eigenvalue weighted by Crippen LogP contribution is -1.93. The summed E-state index contributed by atoms with van der Waals surface area (Å²) >= 11 is 0. The molecule has 0 aromatic carbocycles. The molecule has 0 aromatic heterocycles. The number of esters is 1. The largest absolute Gasteiger partial charge is 0.481 e. The van der Waals surface area contributed by atoms with Crippen LogP contribution in [-0.2, 0) is 14.3 Å². The van der Waals surface area contributed by atoms with E-state index in [-0.39, 0.29) is 5.97 Å². The predicted octanol–water partition coefficient (Wildman–Crippen LogP) is 6.80. The molecular formula is C22H40O4. The van der Waals surface area contributed by atoms with Gasteiger partial charge in [0.05, 0.1) is 6.26 Å². The fourth-order valence-electron chi connectivity index (χ4n) is 2.46. The molecule has 0 heterocycles. The van der Waals surface area contributed by atoms with Crippen LogP contribution in [0.15, 0.2) is 25.0 Å². The summed E-state index contributed by atoms with van der Waals surface area (Å²) in [6.07, 6.45) is 22.3. The molecule has 0 atom stereocenters. The van der Waals surface area contributed by atoms with Crippen LogP contribution < -0.4 is 0 Å². The Kier molecular flexibility index (Phi) is 24.0. The van der Waals surface area contributed by atoms with Crippen LogP contribution in [0.1, 0.15) is 104 Å². The Hall–Kier alpha value is -1.58. The molecule has 0 amide bonds. The fraction of sp³-hybridized carbons (Fsp3) is 0.727. The molecule has 0 aliphatic carbocycles. The minimum atomic E-state index is -0.664. The number of hydrogen-bond donors (Lipinski definition) is 1. The third-order valence-electron chi connectivity index (χ3n) is 3.90. The maximum Gasteiger partial charge on any atom is 0.307 e. The Morgan fingerprint density at radius 2 is 1.31 bits per heavy atom. The van der Waals surface area contributed by atoms with Gasteiger partial charge in [-0.1, -0.05) is 77.0 Å². The summed E-state index contributed by atoms with van der Waals surface area (Å²) in [5.74, 6) is -0.993. The molecule has 1 N–H and O–H groups in total. The van der Waals surface area contributed by atoms with Crippen molar-refractivity contribution < 1.29 is 19.4 Å². The first-order valence-corrected chi connectivity index (χ1v) is 10.2. The molecule has 0 aromatic rings. The van der Waals surface area contributed by atoms with E-state index >= 15 is 0 Å². The first-order chi connectivity index (χ1) is 12.5. The minimum Gasteiger partial charge on any atom is -0.481 e. The number of hydrogen-bond acceptors (Lipinski definition) is 3. The lowest BCUT2D eigenvalue weighted by molar-refractivity contribution is -0.137. The van der Waals surface area contributed by atoms with Gasteiger partial charge in [0.25, 0.3) is 0 Å². The van der Waals surface area contributed by atoms with Crippen LogP contribution in [-0.4, -0.2) is 17.0 Å². The molecule has 0 spiro atoms. The van der Waals surface area contributed by atoms with E-state index in [0.717, 1.165) is 19.1 Å². The SMILES string of the molecule is C=COC(C)=O.CCCCCCCCC=CCCCCCCCC(=O)O. The molecule has 0 rings (SSSR count). The zero-order valence-electron chi connectivity index (χ0n) is 17.0. The minimum absolute atomic E-state index is 0.329. The highest BCUT2D eigenvalue weighted by Crippen LogP contribution is 2.09. The number of carbonyl (C=O) groups is 2. The van der Waals surface area contributed by atoms with Crippen LogP contribution in [0, 0.1) is 0 Å². The number of carboxylic acid groups (broad SMARTS) is 1. The highest BCUT2D eigenvalue weighted by atomic mass is 16.5. The van der Waals surface area contributed by atoms with E-state index in [1.54, 1.807) is 0 Å². The second kappa shape index (κ2) is 23.4. The van der Waals surface area contributed by atoms with E-state index in [4.69, 9.17) is 5.11 Å². The van der Waals surface area contributed by atoms with Gasteiger partial charge in [0.2, 0.25) is 0 Å². The molecule has 0 aliphatic rings. The molecule has 0 saturated heterocycles. The summed E-state index contributed by atoms with van der Waals surface area (Å²) in [7, 11) is 0. The van der Waals surface area contributed by atoms with Gasteiger partial charge in [-0.3, -0.25) is 9.59 Å². The monoisotopic (exact) mass is 368 g/mol. The third kappa shape index (κ3) is 30.3. The average molecular weight is 369 g/mol. The quantitative estimate of drug-likeness (QED) is 0.141. The van der Waals surface area contributed by atoms with Crippen molar-refractivity contribution in [3.05, 3.63) is 25.0 Å². The Labute approximate surface area is 160 Å². The third-order valence-corrected chi connectivity index (χ3v) is 3.90. The first-order valence-electron chi connectivity index (χ1n) is 10.2. The van der Waals surface area contributed by atoms with Crippen molar-refractivity contribution in [2.45, 2.75) is 104 Å². The molecular weight excluding hydrogens is 328 g/mol. The molecule has 152 valence electrons. The molecule has 4 nitrogen and oxygen atoms in total. The van der Waals surface area contributed by atoms with E-state index in [0.29, 0.717) is 6.42 Å². The predicted molar refractivity (Wildman–Crippen MR) is 109 cm³/mol. The first kappa shape index (κ1) is 26.6. The molecule has 4 heteroatoms. The van der Waals surface area contributed by atoms with Crippen molar-refractivity contribution >= 4 is 11.9 Å². The zero-order chi connectivity index (χ0) is 19.9. The second-order valence-electron chi connectivity index (χ2n) is 6.50. The van der Waals surface area contributed by atoms with Crippen LogP contribution in [0.2, 0.25) is 0 Å². The van der Waals surface area contributed by atoms with Crippen molar-refractivity contribution in [2.75, 3.05) is 0 Å². The highest BCUT2D eigenvalue weighted by Gasteiger charge is 1.95. The molecule has 0 unspecified atom stereocenters. The second-order valence-corrected chi connectivity index (χ2v) is 6.50. The number of aliphatic carboxylic acids is 1. The van der Waals surface area contributed by atoms with Gasteiger partial charge >= 0.3 is 11.9 Å².